The summed E-state index contributed by atoms with van der Waals surface area (Å²) in [5.41, 5.74) is 0.762. The second kappa shape index (κ2) is 6.78. The number of para-hydroxylation sites is 1. The number of carbonyl (C=O) groups excluding carboxylic acids is 2. The van der Waals surface area contributed by atoms with Crippen molar-refractivity contribution >= 4 is 17.6 Å². The Morgan fingerprint density at radius 3 is 1.74 bits per heavy atom. The van der Waals surface area contributed by atoms with E-state index in [4.69, 9.17) is 9.47 Å². The molecule has 0 saturated heterocycles. The van der Waals surface area contributed by atoms with Crippen molar-refractivity contribution in [1.29, 1.82) is 0 Å². The maximum absolute atomic E-state index is 11.7. The number of benzene rings is 1. The lowest BCUT2D eigenvalue weighted by atomic mass is 10.1. The van der Waals surface area contributed by atoms with Gasteiger partial charge in [-0.3, -0.25) is 0 Å². The molecule has 2 atom stereocenters. The number of hydrogen-bond acceptors (Lipinski definition) is 5. The van der Waals surface area contributed by atoms with Crippen LogP contribution in [-0.2, 0) is 19.1 Å². The zero-order valence-corrected chi connectivity index (χ0v) is 11.6. The average molecular weight is 265 g/mol. The van der Waals surface area contributed by atoms with E-state index in [1.807, 2.05) is 30.3 Å². The summed E-state index contributed by atoms with van der Waals surface area (Å²) >= 11 is 0. The zero-order chi connectivity index (χ0) is 14.4. The lowest BCUT2D eigenvalue weighted by Gasteiger charge is -2.33. The van der Waals surface area contributed by atoms with Gasteiger partial charge in [0.25, 0.3) is 0 Å². The van der Waals surface area contributed by atoms with Gasteiger partial charge in [-0.15, -0.1) is 0 Å². The van der Waals surface area contributed by atoms with Crippen LogP contribution in [0.4, 0.5) is 5.69 Å². The molecular formula is C14H19NO4. The normalized spacial score (nSPS) is 13.3. The van der Waals surface area contributed by atoms with Crippen LogP contribution in [0, 0.1) is 0 Å². The van der Waals surface area contributed by atoms with Crippen molar-refractivity contribution in [2.75, 3.05) is 19.1 Å². The number of carbonyl (C=O) groups is 2. The molecule has 0 amide bonds. The fourth-order valence-electron chi connectivity index (χ4n) is 1.95. The van der Waals surface area contributed by atoms with Crippen LogP contribution in [0.15, 0.2) is 30.3 Å². The number of ether oxygens (including phenoxy) is 2. The van der Waals surface area contributed by atoms with Crippen LogP contribution in [0.3, 0.4) is 0 Å². The van der Waals surface area contributed by atoms with Crippen LogP contribution >= 0.6 is 0 Å². The fourth-order valence-corrected chi connectivity index (χ4v) is 1.95. The third-order valence-corrected chi connectivity index (χ3v) is 2.97. The highest BCUT2D eigenvalue weighted by molar-refractivity contribution is 5.85. The van der Waals surface area contributed by atoms with Gasteiger partial charge in [0, 0.05) is 5.69 Å². The summed E-state index contributed by atoms with van der Waals surface area (Å²) in [5.74, 6) is -0.806. The second-order valence-electron chi connectivity index (χ2n) is 4.14. The predicted molar refractivity (Wildman–Crippen MR) is 71.9 cm³/mol. The van der Waals surface area contributed by atoms with Crippen molar-refractivity contribution in [2.24, 2.45) is 0 Å². The van der Waals surface area contributed by atoms with Crippen LogP contribution < -0.4 is 4.90 Å². The molecule has 0 spiro atoms. The van der Waals surface area contributed by atoms with Gasteiger partial charge in [0.1, 0.15) is 12.1 Å². The quantitative estimate of drug-likeness (QED) is 0.757. The third-order valence-electron chi connectivity index (χ3n) is 2.97. The van der Waals surface area contributed by atoms with Gasteiger partial charge in [-0.25, -0.2) is 9.59 Å². The summed E-state index contributed by atoms with van der Waals surface area (Å²) < 4.78 is 9.49. The van der Waals surface area contributed by atoms with E-state index < -0.39 is 24.0 Å². The number of hydrogen-bond donors (Lipinski definition) is 0. The molecule has 0 saturated carbocycles. The lowest BCUT2D eigenvalue weighted by molar-refractivity contribution is -0.144. The van der Waals surface area contributed by atoms with E-state index in [2.05, 4.69) is 0 Å². The molecule has 1 aromatic rings. The Hall–Kier alpha value is -2.04. The van der Waals surface area contributed by atoms with Gasteiger partial charge in [-0.1, -0.05) is 18.2 Å². The fraction of sp³-hybridized carbons (Fsp3) is 0.429. The van der Waals surface area contributed by atoms with Crippen molar-refractivity contribution in [3.63, 3.8) is 0 Å². The molecule has 0 unspecified atom stereocenters. The maximum atomic E-state index is 11.7. The molecule has 19 heavy (non-hydrogen) atoms. The van der Waals surface area contributed by atoms with Crippen molar-refractivity contribution < 1.29 is 19.1 Å². The molecule has 1 rings (SSSR count). The standard InChI is InChI=1S/C14H19NO4/c1-10(13(16)18-3)15(11(2)14(17)19-4)12-8-6-5-7-9-12/h5-11H,1-4H3/t10-,11-/m0/s1. The Labute approximate surface area is 113 Å². The number of rotatable bonds is 5. The van der Waals surface area contributed by atoms with Crippen LogP contribution in [0.1, 0.15) is 13.8 Å². The molecule has 0 aliphatic heterocycles. The molecule has 5 heteroatoms. The van der Waals surface area contributed by atoms with E-state index in [1.54, 1.807) is 18.7 Å². The Morgan fingerprint density at radius 1 is 0.947 bits per heavy atom. The molecule has 0 aliphatic carbocycles. The number of nitrogens with zero attached hydrogens (tertiary/aromatic N) is 1. The van der Waals surface area contributed by atoms with Gasteiger partial charge in [-0.2, -0.15) is 0 Å². The second-order valence-corrected chi connectivity index (χ2v) is 4.14. The van der Waals surface area contributed by atoms with Crippen LogP contribution in [0.25, 0.3) is 0 Å². The van der Waals surface area contributed by atoms with Crippen LogP contribution in [0.5, 0.6) is 0 Å². The first kappa shape index (κ1) is 15.0. The van der Waals surface area contributed by atoms with Crippen LogP contribution in [-0.4, -0.2) is 38.2 Å². The Kier molecular flexibility index (Phi) is 5.36. The number of methoxy groups -OCH3 is 2. The number of anilines is 1. The highest BCUT2D eigenvalue weighted by Gasteiger charge is 2.31. The topological polar surface area (TPSA) is 55.8 Å². The molecule has 0 N–H and O–H groups in total. The highest BCUT2D eigenvalue weighted by Crippen LogP contribution is 2.21. The summed E-state index contributed by atoms with van der Waals surface area (Å²) in [6.45, 7) is 3.39. The monoisotopic (exact) mass is 265 g/mol. The summed E-state index contributed by atoms with van der Waals surface area (Å²) in [4.78, 5) is 25.1. The Morgan fingerprint density at radius 2 is 1.37 bits per heavy atom. The third kappa shape index (κ3) is 3.47. The molecule has 0 aromatic heterocycles. The van der Waals surface area contributed by atoms with Gasteiger partial charge in [0.15, 0.2) is 0 Å². The summed E-state index contributed by atoms with van der Waals surface area (Å²) in [6, 6.07) is 8.06. The molecule has 0 fully saturated rings. The van der Waals surface area contributed by atoms with Crippen molar-refractivity contribution in [3.05, 3.63) is 30.3 Å². The van der Waals surface area contributed by atoms with Crippen molar-refractivity contribution in [2.45, 2.75) is 25.9 Å². The summed E-state index contributed by atoms with van der Waals surface area (Å²) in [7, 11) is 2.65. The summed E-state index contributed by atoms with van der Waals surface area (Å²) in [6.07, 6.45) is 0. The van der Waals surface area contributed by atoms with Gasteiger partial charge < -0.3 is 14.4 Å². The maximum Gasteiger partial charge on any atom is 0.328 e. The van der Waals surface area contributed by atoms with Crippen molar-refractivity contribution in [3.8, 4) is 0 Å². The zero-order valence-electron chi connectivity index (χ0n) is 11.6. The SMILES string of the molecule is COC(=O)[C@H](C)N(c1ccccc1)[C@@H](C)C(=O)OC. The first-order valence-electron chi connectivity index (χ1n) is 6.02. The first-order chi connectivity index (χ1) is 9.02. The predicted octanol–water partition coefficient (Wildman–Crippen LogP) is 1.62. The van der Waals surface area contributed by atoms with E-state index in [9.17, 15) is 9.59 Å². The van der Waals surface area contributed by atoms with Gasteiger partial charge in [0.2, 0.25) is 0 Å². The van der Waals surface area contributed by atoms with Gasteiger partial charge in [-0.05, 0) is 26.0 Å². The molecule has 0 aliphatic rings. The van der Waals surface area contributed by atoms with Crippen LogP contribution in [0.2, 0.25) is 0 Å². The largest absolute Gasteiger partial charge is 0.467 e. The van der Waals surface area contributed by atoms with E-state index in [1.165, 1.54) is 14.2 Å². The van der Waals surface area contributed by atoms with E-state index in [0.29, 0.717) is 0 Å². The lowest BCUT2D eigenvalue weighted by Crippen LogP contribution is -2.49. The molecular weight excluding hydrogens is 246 g/mol. The number of esters is 2. The van der Waals surface area contributed by atoms with E-state index >= 15 is 0 Å². The Bertz CT molecular complexity index is 410. The van der Waals surface area contributed by atoms with E-state index in [-0.39, 0.29) is 0 Å². The molecule has 0 bridgehead atoms. The highest BCUT2D eigenvalue weighted by atomic mass is 16.5. The first-order valence-corrected chi connectivity index (χ1v) is 6.02. The molecule has 0 radical (unpaired) electrons. The minimum atomic E-state index is -0.582. The molecule has 1 aromatic carbocycles. The molecule has 0 heterocycles. The average Bonchev–Trinajstić information content (AvgIpc) is 2.46. The van der Waals surface area contributed by atoms with E-state index in [0.717, 1.165) is 5.69 Å². The minimum Gasteiger partial charge on any atom is -0.467 e. The minimum absolute atomic E-state index is 0.403. The molecule has 104 valence electrons. The molecule has 5 nitrogen and oxygen atoms in total. The van der Waals surface area contributed by atoms with Gasteiger partial charge in [0.05, 0.1) is 14.2 Å². The smallest absolute Gasteiger partial charge is 0.328 e. The summed E-state index contributed by atoms with van der Waals surface area (Å²) in [5, 5.41) is 0. The van der Waals surface area contributed by atoms with Crippen molar-refractivity contribution in [1.82, 2.24) is 0 Å². The van der Waals surface area contributed by atoms with Gasteiger partial charge >= 0.3 is 11.9 Å². The Balaban J connectivity index is 3.11.